The van der Waals surface area contributed by atoms with Crippen LogP contribution in [0.3, 0.4) is 0 Å². The minimum Gasteiger partial charge on any atom is -0.365 e. The fourth-order valence-corrected chi connectivity index (χ4v) is 1.75. The van der Waals surface area contributed by atoms with Gasteiger partial charge in [-0.3, -0.25) is 14.9 Å². The van der Waals surface area contributed by atoms with Crippen LogP contribution in [0.4, 0.5) is 11.4 Å². The van der Waals surface area contributed by atoms with Gasteiger partial charge in [0, 0.05) is 31.8 Å². The van der Waals surface area contributed by atoms with E-state index in [1.807, 2.05) is 6.07 Å². The maximum absolute atomic E-state index is 11.6. The third-order valence-electron chi connectivity index (χ3n) is 3.09. The number of nitro benzene ring substituents is 1. The molecule has 1 atom stereocenters. The van der Waals surface area contributed by atoms with Crippen LogP contribution in [0.25, 0.3) is 0 Å². The van der Waals surface area contributed by atoms with Crippen LogP contribution >= 0.6 is 0 Å². The second-order valence-corrected chi connectivity index (χ2v) is 4.36. The van der Waals surface area contributed by atoms with Gasteiger partial charge < -0.3 is 10.2 Å². The molecule has 0 aliphatic rings. The number of carbonyl (C=O) groups is 1. The predicted octanol–water partition coefficient (Wildman–Crippen LogP) is 1.69. The van der Waals surface area contributed by atoms with E-state index in [-0.39, 0.29) is 24.1 Å². The molecule has 7 heteroatoms. The summed E-state index contributed by atoms with van der Waals surface area (Å²) in [6, 6.07) is 6.00. The van der Waals surface area contributed by atoms with E-state index in [0.29, 0.717) is 11.3 Å². The van der Waals surface area contributed by atoms with Crippen molar-refractivity contribution in [2.24, 2.45) is 0 Å². The maximum Gasteiger partial charge on any atom is 0.292 e. The molecule has 0 aliphatic heterocycles. The second kappa shape index (κ2) is 6.52. The van der Waals surface area contributed by atoms with Crippen LogP contribution in [-0.2, 0) is 0 Å². The maximum atomic E-state index is 11.6. The lowest BCUT2D eigenvalue weighted by atomic mass is 10.1. The highest BCUT2D eigenvalue weighted by Crippen LogP contribution is 2.30. The lowest BCUT2D eigenvalue weighted by Crippen LogP contribution is -2.29. The summed E-state index contributed by atoms with van der Waals surface area (Å²) < 4.78 is 0. The zero-order chi connectivity index (χ0) is 15.3. The van der Waals surface area contributed by atoms with Crippen molar-refractivity contribution < 1.29 is 9.72 Å². The van der Waals surface area contributed by atoms with E-state index in [1.165, 1.54) is 25.2 Å². The van der Waals surface area contributed by atoms with Gasteiger partial charge in [-0.25, -0.2) is 0 Å². The zero-order valence-electron chi connectivity index (χ0n) is 11.6. The van der Waals surface area contributed by atoms with Crippen molar-refractivity contribution >= 4 is 17.3 Å². The number of hydrogen-bond donors (Lipinski definition) is 1. The highest BCUT2D eigenvalue weighted by molar-refractivity contribution is 5.95. The molecule has 0 bridgehead atoms. The van der Waals surface area contributed by atoms with Gasteiger partial charge in [0.15, 0.2) is 0 Å². The fraction of sp³-hybridized carbons (Fsp3) is 0.385. The van der Waals surface area contributed by atoms with Crippen LogP contribution in [0, 0.1) is 21.4 Å². The highest BCUT2D eigenvalue weighted by Gasteiger charge is 2.22. The standard InChI is InChI=1S/C13H16N4O3/c1-9(6-7-14)16(3)12-8-10(13(18)15-2)4-5-11(12)17(19)20/h4-5,8-9H,6H2,1-3H3,(H,15,18). The Labute approximate surface area is 117 Å². The van der Waals surface area contributed by atoms with Gasteiger partial charge >= 0.3 is 0 Å². The van der Waals surface area contributed by atoms with Gasteiger partial charge in [0.2, 0.25) is 0 Å². The Bertz CT molecular complexity index is 565. The molecule has 0 saturated heterocycles. The molecule has 0 aliphatic carbocycles. The quantitative estimate of drug-likeness (QED) is 0.651. The molecule has 1 N–H and O–H groups in total. The van der Waals surface area contributed by atoms with Gasteiger partial charge in [-0.05, 0) is 19.1 Å². The van der Waals surface area contributed by atoms with Gasteiger partial charge in [0.25, 0.3) is 11.6 Å². The van der Waals surface area contributed by atoms with Crippen molar-refractivity contribution in [2.45, 2.75) is 19.4 Å². The number of amides is 1. The van der Waals surface area contributed by atoms with Crippen LogP contribution in [0.5, 0.6) is 0 Å². The van der Waals surface area contributed by atoms with E-state index in [0.717, 1.165) is 0 Å². The molecular formula is C13H16N4O3. The van der Waals surface area contributed by atoms with Gasteiger partial charge in [-0.2, -0.15) is 5.26 Å². The molecule has 106 valence electrons. The van der Waals surface area contributed by atoms with Crippen molar-refractivity contribution in [3.05, 3.63) is 33.9 Å². The summed E-state index contributed by atoms with van der Waals surface area (Å²) in [5, 5.41) is 22.3. The average Bonchev–Trinajstić information content (AvgIpc) is 2.45. The normalized spacial score (nSPS) is 11.3. The summed E-state index contributed by atoms with van der Waals surface area (Å²) in [6.45, 7) is 1.79. The molecule has 1 amide bonds. The number of anilines is 1. The average molecular weight is 276 g/mol. The van der Waals surface area contributed by atoms with E-state index in [4.69, 9.17) is 5.26 Å². The Hall–Kier alpha value is -2.62. The van der Waals surface area contributed by atoms with Crippen molar-refractivity contribution in [1.29, 1.82) is 5.26 Å². The van der Waals surface area contributed by atoms with Crippen LogP contribution in [0.15, 0.2) is 18.2 Å². The van der Waals surface area contributed by atoms with Gasteiger partial charge in [-0.15, -0.1) is 0 Å². The highest BCUT2D eigenvalue weighted by atomic mass is 16.6. The molecule has 1 aromatic rings. The minimum absolute atomic E-state index is 0.0926. The first kappa shape index (κ1) is 15.4. The molecule has 1 unspecified atom stereocenters. The number of nitro groups is 1. The van der Waals surface area contributed by atoms with Crippen LogP contribution in [-0.4, -0.2) is 31.0 Å². The lowest BCUT2D eigenvalue weighted by Gasteiger charge is -2.25. The predicted molar refractivity (Wildman–Crippen MR) is 74.6 cm³/mol. The first-order chi connectivity index (χ1) is 9.42. The molecule has 1 aromatic carbocycles. The topological polar surface area (TPSA) is 99.3 Å². The minimum atomic E-state index is -0.501. The van der Waals surface area contributed by atoms with Gasteiger partial charge in [0.05, 0.1) is 17.4 Å². The Balaban J connectivity index is 3.29. The number of nitriles is 1. The summed E-state index contributed by atoms with van der Waals surface area (Å²) >= 11 is 0. The smallest absolute Gasteiger partial charge is 0.292 e. The summed E-state index contributed by atoms with van der Waals surface area (Å²) in [5.41, 5.74) is 0.563. The molecule has 1 rings (SSSR count). The third kappa shape index (κ3) is 3.23. The van der Waals surface area contributed by atoms with Crippen molar-refractivity contribution in [3.63, 3.8) is 0 Å². The Morgan fingerprint density at radius 2 is 2.25 bits per heavy atom. The number of carbonyl (C=O) groups excluding carboxylic acids is 1. The molecule has 0 fully saturated rings. The molecule has 0 spiro atoms. The zero-order valence-corrected chi connectivity index (χ0v) is 11.6. The Morgan fingerprint density at radius 1 is 1.60 bits per heavy atom. The Morgan fingerprint density at radius 3 is 2.75 bits per heavy atom. The monoisotopic (exact) mass is 276 g/mol. The lowest BCUT2D eigenvalue weighted by molar-refractivity contribution is -0.384. The van der Waals surface area contributed by atoms with Crippen LogP contribution < -0.4 is 10.2 Å². The molecule has 0 aromatic heterocycles. The first-order valence-corrected chi connectivity index (χ1v) is 6.02. The molecule has 7 nitrogen and oxygen atoms in total. The van der Waals surface area contributed by atoms with Crippen molar-refractivity contribution in [1.82, 2.24) is 5.32 Å². The van der Waals surface area contributed by atoms with E-state index in [2.05, 4.69) is 5.32 Å². The SMILES string of the molecule is CNC(=O)c1ccc([N+](=O)[O-])c(N(C)C(C)CC#N)c1. The molecule has 0 saturated carbocycles. The summed E-state index contributed by atoms with van der Waals surface area (Å²) in [6.07, 6.45) is 0.234. The van der Waals surface area contributed by atoms with E-state index in [9.17, 15) is 14.9 Å². The van der Waals surface area contributed by atoms with Crippen molar-refractivity contribution in [3.8, 4) is 6.07 Å². The van der Waals surface area contributed by atoms with Gasteiger partial charge in [0.1, 0.15) is 5.69 Å². The summed E-state index contributed by atoms with van der Waals surface area (Å²) in [4.78, 5) is 23.8. The second-order valence-electron chi connectivity index (χ2n) is 4.36. The van der Waals surface area contributed by atoms with E-state index < -0.39 is 4.92 Å². The Kier molecular flexibility index (Phi) is 5.03. The van der Waals surface area contributed by atoms with Crippen molar-refractivity contribution in [2.75, 3.05) is 19.0 Å². The number of nitrogens with zero attached hydrogens (tertiary/aromatic N) is 3. The third-order valence-corrected chi connectivity index (χ3v) is 3.09. The van der Waals surface area contributed by atoms with E-state index in [1.54, 1.807) is 18.9 Å². The van der Waals surface area contributed by atoms with Crippen LogP contribution in [0.1, 0.15) is 23.7 Å². The largest absolute Gasteiger partial charge is 0.365 e. The molecule has 0 radical (unpaired) electrons. The fourth-order valence-electron chi connectivity index (χ4n) is 1.75. The number of benzene rings is 1. The molecular weight excluding hydrogens is 260 g/mol. The number of rotatable bonds is 5. The molecule has 20 heavy (non-hydrogen) atoms. The summed E-state index contributed by atoms with van der Waals surface area (Å²) in [7, 11) is 3.16. The summed E-state index contributed by atoms with van der Waals surface area (Å²) in [5.74, 6) is -0.317. The van der Waals surface area contributed by atoms with Crippen LogP contribution in [0.2, 0.25) is 0 Å². The van der Waals surface area contributed by atoms with E-state index >= 15 is 0 Å². The molecule has 0 heterocycles. The van der Waals surface area contributed by atoms with Gasteiger partial charge in [-0.1, -0.05) is 0 Å². The first-order valence-electron chi connectivity index (χ1n) is 6.02. The number of hydrogen-bond acceptors (Lipinski definition) is 5. The number of nitrogens with one attached hydrogen (secondary N) is 1.